The maximum atomic E-state index is 12.6. The predicted molar refractivity (Wildman–Crippen MR) is 107 cm³/mol. The Morgan fingerprint density at radius 2 is 1.67 bits per heavy atom. The summed E-state index contributed by atoms with van der Waals surface area (Å²) < 4.78 is 16.8. The van der Waals surface area contributed by atoms with E-state index < -0.39 is 0 Å². The number of ether oxygens (including phenoxy) is 2. The van der Waals surface area contributed by atoms with Crippen LogP contribution in [0.1, 0.15) is 19.3 Å². The average molecular weight is 365 g/mol. The zero-order chi connectivity index (χ0) is 18.8. The number of hydrogen-bond donors (Lipinski definition) is 0. The second-order valence-corrected chi connectivity index (χ2v) is 6.75. The van der Waals surface area contributed by atoms with Gasteiger partial charge in [0, 0.05) is 30.4 Å². The first-order valence-electron chi connectivity index (χ1n) is 9.25. The van der Waals surface area contributed by atoms with E-state index in [1.807, 2.05) is 12.1 Å². The van der Waals surface area contributed by atoms with Crippen LogP contribution in [0.25, 0.3) is 22.3 Å². The van der Waals surface area contributed by atoms with Gasteiger partial charge in [0.15, 0.2) is 16.8 Å². The Morgan fingerprint density at radius 3 is 2.33 bits per heavy atom. The number of rotatable bonds is 4. The zero-order valence-corrected chi connectivity index (χ0v) is 15.7. The number of hydrogen-bond acceptors (Lipinski definition) is 5. The molecule has 3 aromatic rings. The van der Waals surface area contributed by atoms with Gasteiger partial charge in [0.05, 0.1) is 19.6 Å². The van der Waals surface area contributed by atoms with Crippen molar-refractivity contribution < 1.29 is 13.9 Å². The van der Waals surface area contributed by atoms with Crippen LogP contribution in [0.3, 0.4) is 0 Å². The predicted octanol–water partition coefficient (Wildman–Crippen LogP) is 4.47. The first kappa shape index (κ1) is 17.5. The van der Waals surface area contributed by atoms with Crippen molar-refractivity contribution in [1.29, 1.82) is 0 Å². The molecule has 5 heteroatoms. The molecule has 0 atom stereocenters. The number of methoxy groups -OCH3 is 2. The number of anilines is 1. The Balaban J connectivity index is 1.76. The lowest BCUT2D eigenvalue weighted by atomic mass is 10.1. The molecule has 5 nitrogen and oxygen atoms in total. The molecule has 1 aromatic heterocycles. The topological polar surface area (TPSA) is 51.9 Å². The fourth-order valence-electron chi connectivity index (χ4n) is 3.66. The lowest BCUT2D eigenvalue weighted by Crippen LogP contribution is -2.29. The highest BCUT2D eigenvalue weighted by Crippen LogP contribution is 2.36. The van der Waals surface area contributed by atoms with Gasteiger partial charge in [-0.05, 0) is 55.7 Å². The Hall–Kier alpha value is -2.95. The van der Waals surface area contributed by atoms with Crippen LogP contribution in [0.15, 0.2) is 51.7 Å². The monoisotopic (exact) mass is 365 g/mol. The third kappa shape index (κ3) is 3.25. The van der Waals surface area contributed by atoms with Gasteiger partial charge in [-0.2, -0.15) is 0 Å². The van der Waals surface area contributed by atoms with Crippen LogP contribution in [0.5, 0.6) is 11.5 Å². The summed E-state index contributed by atoms with van der Waals surface area (Å²) >= 11 is 0. The molecule has 0 unspecified atom stereocenters. The summed E-state index contributed by atoms with van der Waals surface area (Å²) in [6.45, 7) is 2.20. The van der Waals surface area contributed by atoms with E-state index in [1.54, 1.807) is 19.2 Å². The van der Waals surface area contributed by atoms with E-state index in [0.29, 0.717) is 28.2 Å². The highest BCUT2D eigenvalue weighted by Gasteiger charge is 2.16. The van der Waals surface area contributed by atoms with Gasteiger partial charge in [-0.1, -0.05) is 0 Å². The van der Waals surface area contributed by atoms with Gasteiger partial charge in [-0.15, -0.1) is 0 Å². The highest BCUT2D eigenvalue weighted by molar-refractivity contribution is 5.86. The first-order valence-corrected chi connectivity index (χ1v) is 9.25. The van der Waals surface area contributed by atoms with Crippen molar-refractivity contribution in [3.63, 3.8) is 0 Å². The van der Waals surface area contributed by atoms with Gasteiger partial charge in [0.25, 0.3) is 0 Å². The van der Waals surface area contributed by atoms with Crippen molar-refractivity contribution in [2.75, 3.05) is 32.2 Å². The molecule has 2 heterocycles. The quantitative estimate of drug-likeness (QED) is 0.683. The second-order valence-electron chi connectivity index (χ2n) is 6.75. The zero-order valence-electron chi connectivity index (χ0n) is 15.7. The smallest absolute Gasteiger partial charge is 0.204 e. The fourth-order valence-corrected chi connectivity index (χ4v) is 3.66. The van der Waals surface area contributed by atoms with E-state index in [0.717, 1.165) is 18.7 Å². The van der Waals surface area contributed by atoms with Gasteiger partial charge in [0.2, 0.25) is 5.75 Å². The lowest BCUT2D eigenvalue weighted by molar-refractivity contribution is 0.353. The minimum Gasteiger partial charge on any atom is -0.493 e. The van der Waals surface area contributed by atoms with Crippen molar-refractivity contribution >= 4 is 16.7 Å². The molecule has 0 radical (unpaired) electrons. The Labute approximate surface area is 158 Å². The van der Waals surface area contributed by atoms with E-state index in [2.05, 4.69) is 17.0 Å². The van der Waals surface area contributed by atoms with Crippen LogP contribution in [-0.2, 0) is 0 Å². The number of piperidine rings is 1. The standard InChI is InChI=1S/C22H23NO4/c1-25-19-11-10-17-18(24)14-20(27-21(17)22(19)26-2)15-6-8-16(9-7-15)23-12-4-3-5-13-23/h6-11,14H,3-5,12-13H2,1-2H3. The molecule has 0 N–H and O–H groups in total. The summed E-state index contributed by atoms with van der Waals surface area (Å²) in [6, 6.07) is 13.1. The van der Waals surface area contributed by atoms with Gasteiger partial charge < -0.3 is 18.8 Å². The maximum absolute atomic E-state index is 12.6. The SMILES string of the molecule is COc1ccc2c(=O)cc(-c3ccc(N4CCCCC4)cc3)oc2c1OC. The molecule has 1 aliphatic heterocycles. The molecule has 0 spiro atoms. The Morgan fingerprint density at radius 1 is 0.926 bits per heavy atom. The van der Waals surface area contributed by atoms with E-state index in [-0.39, 0.29) is 5.43 Å². The molecule has 27 heavy (non-hydrogen) atoms. The number of nitrogens with zero attached hydrogens (tertiary/aromatic N) is 1. The van der Waals surface area contributed by atoms with Crippen molar-refractivity contribution in [3.8, 4) is 22.8 Å². The molecule has 1 aliphatic rings. The minimum absolute atomic E-state index is 0.104. The summed E-state index contributed by atoms with van der Waals surface area (Å²) in [5, 5.41) is 0.473. The van der Waals surface area contributed by atoms with E-state index in [1.165, 1.54) is 38.1 Å². The minimum atomic E-state index is -0.104. The van der Waals surface area contributed by atoms with Crippen molar-refractivity contribution in [2.45, 2.75) is 19.3 Å². The lowest BCUT2D eigenvalue weighted by Gasteiger charge is -2.28. The molecule has 0 bridgehead atoms. The van der Waals surface area contributed by atoms with E-state index in [9.17, 15) is 4.79 Å². The summed E-state index contributed by atoms with van der Waals surface area (Å²) in [5.41, 5.74) is 2.37. The summed E-state index contributed by atoms with van der Waals surface area (Å²) in [4.78, 5) is 15.0. The van der Waals surface area contributed by atoms with Gasteiger partial charge in [0.1, 0.15) is 5.76 Å². The molecule has 1 saturated heterocycles. The second kappa shape index (κ2) is 7.35. The molecule has 0 aliphatic carbocycles. The van der Waals surface area contributed by atoms with Gasteiger partial charge >= 0.3 is 0 Å². The van der Waals surface area contributed by atoms with Crippen molar-refractivity contribution in [3.05, 3.63) is 52.7 Å². The fraction of sp³-hybridized carbons (Fsp3) is 0.318. The largest absolute Gasteiger partial charge is 0.493 e. The Kier molecular flexibility index (Phi) is 4.75. The summed E-state index contributed by atoms with van der Waals surface area (Å²) in [7, 11) is 3.10. The molecule has 140 valence electrons. The molecule has 1 fully saturated rings. The van der Waals surface area contributed by atoms with Gasteiger partial charge in [-0.3, -0.25) is 4.79 Å². The van der Waals surface area contributed by atoms with Crippen molar-refractivity contribution in [2.24, 2.45) is 0 Å². The van der Waals surface area contributed by atoms with Crippen LogP contribution >= 0.6 is 0 Å². The molecule has 0 amide bonds. The molecule has 0 saturated carbocycles. The van der Waals surface area contributed by atoms with Crippen LogP contribution < -0.4 is 19.8 Å². The normalized spacial score (nSPS) is 14.4. The first-order chi connectivity index (χ1) is 13.2. The third-order valence-electron chi connectivity index (χ3n) is 5.11. The van der Waals surface area contributed by atoms with E-state index >= 15 is 0 Å². The number of benzene rings is 2. The molecular weight excluding hydrogens is 342 g/mol. The van der Waals surface area contributed by atoms with Crippen LogP contribution in [0, 0.1) is 0 Å². The highest BCUT2D eigenvalue weighted by atomic mass is 16.5. The maximum Gasteiger partial charge on any atom is 0.204 e. The summed E-state index contributed by atoms with van der Waals surface area (Å²) in [6.07, 6.45) is 3.79. The average Bonchev–Trinajstić information content (AvgIpc) is 2.73. The van der Waals surface area contributed by atoms with Crippen LogP contribution in [0.2, 0.25) is 0 Å². The molecule has 2 aromatic carbocycles. The van der Waals surface area contributed by atoms with E-state index in [4.69, 9.17) is 13.9 Å². The molecular formula is C22H23NO4. The Bertz CT molecular complexity index is 1000. The van der Waals surface area contributed by atoms with Crippen LogP contribution in [-0.4, -0.2) is 27.3 Å². The van der Waals surface area contributed by atoms with Crippen molar-refractivity contribution in [1.82, 2.24) is 0 Å². The summed E-state index contributed by atoms with van der Waals surface area (Å²) in [5.74, 6) is 1.48. The molecule has 4 rings (SSSR count). The van der Waals surface area contributed by atoms with Crippen LogP contribution in [0.4, 0.5) is 5.69 Å². The van der Waals surface area contributed by atoms with Gasteiger partial charge in [-0.25, -0.2) is 0 Å². The third-order valence-corrected chi connectivity index (χ3v) is 5.11. The number of fused-ring (bicyclic) bond motifs is 1.